The summed E-state index contributed by atoms with van der Waals surface area (Å²) in [5.74, 6) is -0.931. The van der Waals surface area contributed by atoms with Crippen LogP contribution in [0, 0.1) is 0 Å². The maximum Gasteiger partial charge on any atom is 0.347 e. The molecule has 0 saturated carbocycles. The second-order valence-electron chi connectivity index (χ2n) is 8.27. The highest BCUT2D eigenvalue weighted by molar-refractivity contribution is 5.90. The minimum Gasteiger partial charge on any atom is -0.478 e. The quantitative estimate of drug-likeness (QED) is 0.478. The van der Waals surface area contributed by atoms with Gasteiger partial charge in [-0.2, -0.15) is 0 Å². The van der Waals surface area contributed by atoms with Gasteiger partial charge in [-0.3, -0.25) is 9.59 Å². The third-order valence-corrected chi connectivity index (χ3v) is 5.00. The van der Waals surface area contributed by atoms with E-state index in [1.165, 1.54) is 20.8 Å². The Balaban J connectivity index is 2.10. The minimum absolute atomic E-state index is 0.136. The van der Waals surface area contributed by atoms with Crippen molar-refractivity contribution in [2.24, 2.45) is 0 Å². The van der Waals surface area contributed by atoms with Crippen LogP contribution in [0.4, 0.5) is 5.69 Å². The zero-order valence-corrected chi connectivity index (χ0v) is 19.1. The molecule has 2 rings (SSSR count). The topological polar surface area (TPSA) is 105 Å². The molecule has 0 aromatic heterocycles. The number of ether oxygens (including phenoxy) is 1. The van der Waals surface area contributed by atoms with Gasteiger partial charge in [0.25, 0.3) is 0 Å². The molecule has 0 heterocycles. The van der Waals surface area contributed by atoms with Gasteiger partial charge in [0, 0.05) is 12.6 Å². The molecule has 0 saturated heterocycles. The lowest BCUT2D eigenvalue weighted by atomic mass is 9.98. The van der Waals surface area contributed by atoms with Crippen LogP contribution in [0.5, 0.6) is 5.75 Å². The fourth-order valence-corrected chi connectivity index (χ4v) is 3.26. The van der Waals surface area contributed by atoms with E-state index in [1.54, 1.807) is 24.3 Å². The van der Waals surface area contributed by atoms with Gasteiger partial charge in [0.2, 0.25) is 11.8 Å². The van der Waals surface area contributed by atoms with Gasteiger partial charge < -0.3 is 20.5 Å². The first-order valence-corrected chi connectivity index (χ1v) is 10.8. The van der Waals surface area contributed by atoms with Crippen molar-refractivity contribution in [3.63, 3.8) is 0 Å². The molecule has 7 nitrogen and oxygen atoms in total. The standard InChI is InChI=1S/C25H32N2O5/c1-5-6-10-22(20-9-7-8-11-21(20)26-17(2)28)27-23(29)16-18-12-14-19(15-13-18)32-25(3,4)24(30)31/h7-9,11-15,22H,5-6,10,16H2,1-4H3,(H,26,28)(H,27,29)(H,30,31). The second kappa shape index (κ2) is 11.3. The Morgan fingerprint density at radius 2 is 1.72 bits per heavy atom. The molecule has 0 aliphatic heterocycles. The number of anilines is 1. The Morgan fingerprint density at radius 1 is 1.06 bits per heavy atom. The average Bonchev–Trinajstić information content (AvgIpc) is 2.72. The first-order chi connectivity index (χ1) is 15.1. The summed E-state index contributed by atoms with van der Waals surface area (Å²) in [7, 11) is 0. The largest absolute Gasteiger partial charge is 0.478 e. The van der Waals surface area contributed by atoms with Crippen molar-refractivity contribution >= 4 is 23.5 Å². The summed E-state index contributed by atoms with van der Waals surface area (Å²) in [6.07, 6.45) is 2.86. The monoisotopic (exact) mass is 440 g/mol. The van der Waals surface area contributed by atoms with Gasteiger partial charge in [-0.05, 0) is 49.6 Å². The summed E-state index contributed by atoms with van der Waals surface area (Å²) >= 11 is 0. The lowest BCUT2D eigenvalue weighted by molar-refractivity contribution is -0.152. The molecule has 1 unspecified atom stereocenters. The Labute approximate surface area is 189 Å². The number of carbonyl (C=O) groups is 3. The number of carboxylic acid groups (broad SMARTS) is 1. The van der Waals surface area contributed by atoms with Crippen molar-refractivity contribution in [1.82, 2.24) is 5.32 Å². The molecule has 32 heavy (non-hydrogen) atoms. The highest BCUT2D eigenvalue weighted by Crippen LogP contribution is 2.27. The van der Waals surface area contributed by atoms with Crippen molar-refractivity contribution in [2.45, 2.75) is 65.0 Å². The van der Waals surface area contributed by atoms with Gasteiger partial charge in [-0.15, -0.1) is 0 Å². The fourth-order valence-electron chi connectivity index (χ4n) is 3.26. The summed E-state index contributed by atoms with van der Waals surface area (Å²) in [6, 6.07) is 14.1. The van der Waals surface area contributed by atoms with Crippen LogP contribution in [0.1, 0.15) is 64.1 Å². The molecule has 0 radical (unpaired) electrons. The SMILES string of the molecule is CCCCC(NC(=O)Cc1ccc(OC(C)(C)C(=O)O)cc1)c1ccccc1NC(C)=O. The van der Waals surface area contributed by atoms with Gasteiger partial charge in [0.15, 0.2) is 5.60 Å². The zero-order chi connectivity index (χ0) is 23.7. The van der Waals surface area contributed by atoms with E-state index in [0.717, 1.165) is 30.4 Å². The Morgan fingerprint density at radius 3 is 2.31 bits per heavy atom. The molecule has 1 atom stereocenters. The number of benzene rings is 2. The third kappa shape index (κ3) is 7.41. The van der Waals surface area contributed by atoms with Crippen molar-refractivity contribution in [3.8, 4) is 5.75 Å². The predicted octanol–water partition coefficient (Wildman–Crippen LogP) is 4.48. The van der Waals surface area contributed by atoms with E-state index < -0.39 is 11.6 Å². The number of carboxylic acids is 1. The first-order valence-electron chi connectivity index (χ1n) is 10.8. The number of hydrogen-bond donors (Lipinski definition) is 3. The molecule has 172 valence electrons. The number of unbranched alkanes of at least 4 members (excludes halogenated alkanes) is 1. The normalized spacial score (nSPS) is 12.0. The number of carbonyl (C=O) groups excluding carboxylic acids is 2. The van der Waals surface area contributed by atoms with Crippen LogP contribution < -0.4 is 15.4 Å². The minimum atomic E-state index is -1.34. The van der Waals surface area contributed by atoms with E-state index in [0.29, 0.717) is 11.4 Å². The molecule has 0 aliphatic rings. The maximum atomic E-state index is 12.8. The molecule has 7 heteroatoms. The summed E-state index contributed by atoms with van der Waals surface area (Å²) in [4.78, 5) is 35.6. The highest BCUT2D eigenvalue weighted by Gasteiger charge is 2.29. The van der Waals surface area contributed by atoms with E-state index in [2.05, 4.69) is 17.6 Å². The summed E-state index contributed by atoms with van der Waals surface area (Å²) < 4.78 is 5.50. The second-order valence-corrected chi connectivity index (χ2v) is 8.27. The third-order valence-electron chi connectivity index (χ3n) is 5.00. The Kier molecular flexibility index (Phi) is 8.81. The molecule has 3 N–H and O–H groups in total. The molecule has 2 aromatic rings. The maximum absolute atomic E-state index is 12.8. The van der Waals surface area contributed by atoms with Gasteiger partial charge >= 0.3 is 5.97 Å². The van der Waals surface area contributed by atoms with E-state index in [4.69, 9.17) is 4.74 Å². The lowest BCUT2D eigenvalue weighted by Crippen LogP contribution is -2.37. The van der Waals surface area contributed by atoms with Crippen LogP contribution in [0.15, 0.2) is 48.5 Å². The summed E-state index contributed by atoms with van der Waals surface area (Å²) in [5.41, 5.74) is 1.02. The van der Waals surface area contributed by atoms with Crippen molar-refractivity contribution in [2.75, 3.05) is 5.32 Å². The van der Waals surface area contributed by atoms with Crippen LogP contribution >= 0.6 is 0 Å². The van der Waals surface area contributed by atoms with E-state index in [-0.39, 0.29) is 24.3 Å². The Hall–Kier alpha value is -3.35. The number of nitrogens with one attached hydrogen (secondary N) is 2. The van der Waals surface area contributed by atoms with Crippen LogP contribution in [0.25, 0.3) is 0 Å². The molecule has 0 spiro atoms. The van der Waals surface area contributed by atoms with Crippen molar-refractivity contribution in [3.05, 3.63) is 59.7 Å². The molecule has 0 bridgehead atoms. The number of aliphatic carboxylic acids is 1. The van der Waals surface area contributed by atoms with Gasteiger partial charge in [-0.25, -0.2) is 4.79 Å². The van der Waals surface area contributed by atoms with Gasteiger partial charge in [-0.1, -0.05) is 50.1 Å². The number of hydrogen-bond acceptors (Lipinski definition) is 4. The van der Waals surface area contributed by atoms with Gasteiger partial charge in [0.05, 0.1) is 12.5 Å². The molecular formula is C25H32N2O5. The van der Waals surface area contributed by atoms with Crippen LogP contribution in [-0.2, 0) is 20.8 Å². The average molecular weight is 441 g/mol. The van der Waals surface area contributed by atoms with E-state index in [9.17, 15) is 19.5 Å². The Bertz CT molecular complexity index is 938. The lowest BCUT2D eigenvalue weighted by Gasteiger charge is -2.22. The molecular weight excluding hydrogens is 408 g/mol. The van der Waals surface area contributed by atoms with Crippen molar-refractivity contribution < 1.29 is 24.2 Å². The first kappa shape index (κ1) is 24.9. The van der Waals surface area contributed by atoms with E-state index >= 15 is 0 Å². The number of para-hydroxylation sites is 1. The molecule has 2 amide bonds. The van der Waals surface area contributed by atoms with Crippen LogP contribution in [0.2, 0.25) is 0 Å². The predicted molar refractivity (Wildman–Crippen MR) is 124 cm³/mol. The van der Waals surface area contributed by atoms with Gasteiger partial charge in [0.1, 0.15) is 5.75 Å². The molecule has 0 aliphatic carbocycles. The van der Waals surface area contributed by atoms with Crippen LogP contribution in [0.3, 0.4) is 0 Å². The number of amides is 2. The van der Waals surface area contributed by atoms with Crippen LogP contribution in [-0.4, -0.2) is 28.5 Å². The van der Waals surface area contributed by atoms with Crippen molar-refractivity contribution in [1.29, 1.82) is 0 Å². The fraction of sp³-hybridized carbons (Fsp3) is 0.400. The highest BCUT2D eigenvalue weighted by atomic mass is 16.5. The number of rotatable bonds is 11. The smallest absolute Gasteiger partial charge is 0.347 e. The zero-order valence-electron chi connectivity index (χ0n) is 19.1. The summed E-state index contributed by atoms with van der Waals surface area (Å²) in [6.45, 7) is 6.51. The molecule has 0 fully saturated rings. The summed E-state index contributed by atoms with van der Waals surface area (Å²) in [5, 5.41) is 15.1. The van der Waals surface area contributed by atoms with E-state index in [1.807, 2.05) is 24.3 Å². The molecule has 2 aromatic carbocycles.